The molecule has 0 saturated carbocycles. The molecule has 0 spiro atoms. The first-order valence-corrected chi connectivity index (χ1v) is 10.2. The van der Waals surface area contributed by atoms with Crippen molar-refractivity contribution in [3.05, 3.63) is 95.7 Å². The van der Waals surface area contributed by atoms with Crippen molar-refractivity contribution < 1.29 is 14.3 Å². The summed E-state index contributed by atoms with van der Waals surface area (Å²) in [4.78, 5) is 18.2. The summed E-state index contributed by atoms with van der Waals surface area (Å²) >= 11 is 0. The van der Waals surface area contributed by atoms with E-state index in [1.807, 2.05) is 86.9 Å². The third-order valence-electron chi connectivity index (χ3n) is 5.57. The molecule has 5 heteroatoms. The van der Waals surface area contributed by atoms with Crippen LogP contribution in [0.15, 0.2) is 79.0 Å². The van der Waals surface area contributed by atoms with Crippen molar-refractivity contribution in [1.82, 2.24) is 9.88 Å². The molecule has 0 saturated heterocycles. The first-order valence-electron chi connectivity index (χ1n) is 10.2. The molecule has 0 aliphatic carbocycles. The fourth-order valence-corrected chi connectivity index (χ4v) is 3.82. The number of benzene rings is 3. The van der Waals surface area contributed by atoms with Gasteiger partial charge in [0.2, 0.25) is 0 Å². The summed E-state index contributed by atoms with van der Waals surface area (Å²) in [7, 11) is 3.46. The van der Waals surface area contributed by atoms with E-state index in [0.29, 0.717) is 0 Å². The number of nitrogens with one attached hydrogen (secondary N) is 1. The molecule has 5 nitrogen and oxygen atoms in total. The number of para-hydroxylation sites is 2. The molecule has 1 heterocycles. The molecular weight excluding hydrogens is 388 g/mol. The first-order chi connectivity index (χ1) is 15.1. The standard InChI is InChI=1S/C26H26N2O3/c1-18-8-4-7-11-24(18)31-17-25(29)28(2)26(19-12-14-20(30-3)15-13-19)22-16-27-23-10-6-5-9-21(22)23/h4-16,26-27H,17H2,1-3H3/t26-/m1/s1. The van der Waals surface area contributed by atoms with Crippen LogP contribution in [0.4, 0.5) is 0 Å². The molecule has 0 radical (unpaired) electrons. The predicted molar refractivity (Wildman–Crippen MR) is 123 cm³/mol. The van der Waals surface area contributed by atoms with Gasteiger partial charge in [0.15, 0.2) is 6.61 Å². The van der Waals surface area contributed by atoms with Gasteiger partial charge in [-0.2, -0.15) is 0 Å². The van der Waals surface area contributed by atoms with Crippen molar-refractivity contribution in [1.29, 1.82) is 0 Å². The van der Waals surface area contributed by atoms with Gasteiger partial charge in [0, 0.05) is 29.7 Å². The van der Waals surface area contributed by atoms with Gasteiger partial charge >= 0.3 is 0 Å². The van der Waals surface area contributed by atoms with E-state index in [9.17, 15) is 4.79 Å². The lowest BCUT2D eigenvalue weighted by Crippen LogP contribution is -2.35. The van der Waals surface area contributed by atoms with E-state index in [-0.39, 0.29) is 18.6 Å². The Morgan fingerprint density at radius 1 is 1.00 bits per heavy atom. The number of fused-ring (bicyclic) bond motifs is 1. The van der Waals surface area contributed by atoms with E-state index in [2.05, 4.69) is 11.1 Å². The fourth-order valence-electron chi connectivity index (χ4n) is 3.82. The molecule has 1 N–H and O–H groups in total. The highest BCUT2D eigenvalue weighted by molar-refractivity contribution is 5.85. The van der Waals surface area contributed by atoms with Crippen molar-refractivity contribution in [2.75, 3.05) is 20.8 Å². The number of aryl methyl sites for hydroxylation is 1. The maximum atomic E-state index is 13.2. The quantitative estimate of drug-likeness (QED) is 0.457. The van der Waals surface area contributed by atoms with E-state index >= 15 is 0 Å². The molecule has 4 rings (SSSR count). The van der Waals surface area contributed by atoms with E-state index < -0.39 is 0 Å². The highest BCUT2D eigenvalue weighted by atomic mass is 16.5. The molecule has 4 aromatic rings. The molecule has 0 bridgehead atoms. The summed E-state index contributed by atoms with van der Waals surface area (Å²) in [6.07, 6.45) is 1.98. The summed E-state index contributed by atoms with van der Waals surface area (Å²) in [6, 6.07) is 23.4. The van der Waals surface area contributed by atoms with E-state index in [1.165, 1.54) is 0 Å². The van der Waals surface area contributed by atoms with E-state index in [1.54, 1.807) is 12.0 Å². The maximum absolute atomic E-state index is 13.2. The van der Waals surface area contributed by atoms with E-state index in [0.717, 1.165) is 39.1 Å². The van der Waals surface area contributed by atoms with Crippen LogP contribution in [0.1, 0.15) is 22.7 Å². The number of methoxy groups -OCH3 is 1. The molecule has 1 aromatic heterocycles. The second-order valence-electron chi connectivity index (χ2n) is 7.52. The van der Waals surface area contributed by atoms with Gasteiger partial charge in [0.1, 0.15) is 11.5 Å². The van der Waals surface area contributed by atoms with Gasteiger partial charge in [0.05, 0.1) is 13.2 Å². The number of aromatic amines is 1. The average Bonchev–Trinajstić information content (AvgIpc) is 3.23. The number of hydrogen-bond acceptors (Lipinski definition) is 3. The largest absolute Gasteiger partial charge is 0.497 e. The Morgan fingerprint density at radius 2 is 1.71 bits per heavy atom. The smallest absolute Gasteiger partial charge is 0.261 e. The maximum Gasteiger partial charge on any atom is 0.261 e. The third kappa shape index (κ3) is 4.26. The Bertz CT molecular complexity index is 1180. The van der Waals surface area contributed by atoms with Crippen LogP contribution in [0.2, 0.25) is 0 Å². The van der Waals surface area contributed by atoms with Crippen molar-refractivity contribution >= 4 is 16.8 Å². The summed E-state index contributed by atoms with van der Waals surface area (Å²) in [6.45, 7) is 1.94. The van der Waals surface area contributed by atoms with Gasteiger partial charge in [-0.25, -0.2) is 0 Å². The van der Waals surface area contributed by atoms with Crippen molar-refractivity contribution in [2.24, 2.45) is 0 Å². The highest BCUT2D eigenvalue weighted by Crippen LogP contribution is 2.34. The lowest BCUT2D eigenvalue weighted by molar-refractivity contribution is -0.133. The molecule has 0 unspecified atom stereocenters. The normalized spacial score (nSPS) is 11.8. The molecule has 0 fully saturated rings. The van der Waals surface area contributed by atoms with Crippen LogP contribution >= 0.6 is 0 Å². The molecule has 158 valence electrons. The number of carbonyl (C=O) groups excluding carboxylic acids is 1. The Kier molecular flexibility index (Phi) is 5.94. The number of ether oxygens (including phenoxy) is 2. The number of amides is 1. The van der Waals surface area contributed by atoms with Crippen LogP contribution in [0, 0.1) is 6.92 Å². The number of hydrogen-bond donors (Lipinski definition) is 1. The SMILES string of the molecule is COc1ccc([C@H](c2c[nH]c3ccccc23)N(C)C(=O)COc2ccccc2C)cc1. The van der Waals surface area contributed by atoms with Crippen molar-refractivity contribution in [2.45, 2.75) is 13.0 Å². The summed E-state index contributed by atoms with van der Waals surface area (Å²) in [5.41, 5.74) is 4.07. The molecule has 1 atom stereocenters. The Balaban J connectivity index is 1.66. The highest BCUT2D eigenvalue weighted by Gasteiger charge is 2.26. The minimum absolute atomic E-state index is 0.0314. The van der Waals surface area contributed by atoms with Gasteiger partial charge in [-0.3, -0.25) is 4.79 Å². The Morgan fingerprint density at radius 3 is 2.45 bits per heavy atom. The van der Waals surface area contributed by atoms with Gasteiger partial charge < -0.3 is 19.4 Å². The number of nitrogens with zero attached hydrogens (tertiary/aromatic N) is 1. The summed E-state index contributed by atoms with van der Waals surface area (Å²) < 4.78 is 11.1. The topological polar surface area (TPSA) is 54.6 Å². The fraction of sp³-hybridized carbons (Fsp3) is 0.192. The summed E-state index contributed by atoms with van der Waals surface area (Å²) in [5, 5.41) is 1.09. The second kappa shape index (κ2) is 8.96. The van der Waals surface area contributed by atoms with Crippen molar-refractivity contribution in [3.63, 3.8) is 0 Å². The number of aromatic nitrogens is 1. The first kappa shape index (κ1) is 20.5. The predicted octanol–water partition coefficient (Wildman–Crippen LogP) is 5.11. The molecule has 0 aliphatic heterocycles. The van der Waals surface area contributed by atoms with Gasteiger partial charge in [0.25, 0.3) is 5.91 Å². The average molecular weight is 415 g/mol. The molecular formula is C26H26N2O3. The molecule has 31 heavy (non-hydrogen) atoms. The lowest BCUT2D eigenvalue weighted by Gasteiger charge is -2.29. The number of H-pyrrole nitrogens is 1. The zero-order chi connectivity index (χ0) is 21.8. The molecule has 3 aromatic carbocycles. The van der Waals surface area contributed by atoms with Crippen LogP contribution in [-0.2, 0) is 4.79 Å². The zero-order valence-electron chi connectivity index (χ0n) is 18.0. The van der Waals surface area contributed by atoms with Crippen LogP contribution in [0.3, 0.4) is 0 Å². The van der Waals surface area contributed by atoms with Gasteiger partial charge in [-0.1, -0.05) is 48.5 Å². The van der Waals surface area contributed by atoms with Gasteiger partial charge in [-0.15, -0.1) is 0 Å². The lowest BCUT2D eigenvalue weighted by atomic mass is 9.96. The molecule has 1 amide bonds. The minimum atomic E-state index is -0.268. The monoisotopic (exact) mass is 414 g/mol. The van der Waals surface area contributed by atoms with Crippen molar-refractivity contribution in [3.8, 4) is 11.5 Å². The third-order valence-corrected chi connectivity index (χ3v) is 5.57. The number of likely N-dealkylation sites (N-methyl/N-ethyl adjacent to an activating group) is 1. The second-order valence-corrected chi connectivity index (χ2v) is 7.52. The summed E-state index contributed by atoms with van der Waals surface area (Å²) in [5.74, 6) is 1.39. The molecule has 0 aliphatic rings. The van der Waals surface area contributed by atoms with Crippen LogP contribution < -0.4 is 9.47 Å². The number of carbonyl (C=O) groups is 1. The van der Waals surface area contributed by atoms with Crippen LogP contribution in [-0.4, -0.2) is 36.6 Å². The van der Waals surface area contributed by atoms with E-state index in [4.69, 9.17) is 9.47 Å². The van der Waals surface area contributed by atoms with Crippen LogP contribution in [0.5, 0.6) is 11.5 Å². The number of rotatable bonds is 7. The Hall–Kier alpha value is -3.73. The minimum Gasteiger partial charge on any atom is -0.497 e. The Labute approximate surface area is 182 Å². The van der Waals surface area contributed by atoms with Gasteiger partial charge in [-0.05, 0) is 42.3 Å². The zero-order valence-corrected chi connectivity index (χ0v) is 18.0. The van der Waals surface area contributed by atoms with Crippen LogP contribution in [0.25, 0.3) is 10.9 Å².